The van der Waals surface area contributed by atoms with Crippen LogP contribution in [0, 0.1) is 12.7 Å². The Morgan fingerprint density at radius 1 is 1.42 bits per heavy atom. The first-order chi connectivity index (χ1) is 9.08. The molecule has 0 aliphatic carbocycles. The predicted octanol–water partition coefficient (Wildman–Crippen LogP) is 2.46. The van der Waals surface area contributed by atoms with Gasteiger partial charge in [0.25, 0.3) is 5.56 Å². The third-order valence-corrected chi connectivity index (χ3v) is 2.97. The Kier molecular flexibility index (Phi) is 3.64. The zero-order valence-electron chi connectivity index (χ0n) is 11.1. The quantitative estimate of drug-likeness (QED) is 0.924. The zero-order chi connectivity index (χ0) is 14.0. The van der Waals surface area contributed by atoms with E-state index in [0.29, 0.717) is 23.5 Å². The lowest BCUT2D eigenvalue weighted by Gasteiger charge is -2.10. The number of hydrogen-bond donors (Lipinski definition) is 1. The van der Waals surface area contributed by atoms with Crippen molar-refractivity contribution in [2.75, 3.05) is 7.11 Å². The summed E-state index contributed by atoms with van der Waals surface area (Å²) in [5.41, 5.74) is 0.781. The molecule has 0 aliphatic heterocycles. The van der Waals surface area contributed by atoms with Crippen molar-refractivity contribution in [3.63, 3.8) is 0 Å². The fourth-order valence-corrected chi connectivity index (χ4v) is 1.86. The molecule has 5 heteroatoms. The van der Waals surface area contributed by atoms with Gasteiger partial charge < -0.3 is 9.72 Å². The lowest BCUT2D eigenvalue weighted by molar-refractivity contribution is 0.387. The average molecular weight is 262 g/mol. The van der Waals surface area contributed by atoms with E-state index in [2.05, 4.69) is 9.97 Å². The summed E-state index contributed by atoms with van der Waals surface area (Å²) in [5.74, 6) is 0.165. The number of aromatic nitrogens is 2. The monoisotopic (exact) mass is 262 g/mol. The Morgan fingerprint density at radius 2 is 2.16 bits per heavy atom. The second-order valence-corrected chi connectivity index (χ2v) is 4.16. The Bertz CT molecular complexity index is 665. The van der Waals surface area contributed by atoms with Crippen LogP contribution in [0.5, 0.6) is 5.75 Å². The molecule has 4 nitrogen and oxygen atoms in total. The molecule has 1 N–H and O–H groups in total. The maximum atomic E-state index is 14.2. The molecule has 1 aromatic carbocycles. The molecule has 0 bridgehead atoms. The molecule has 0 amide bonds. The van der Waals surface area contributed by atoms with Crippen LogP contribution in [0.2, 0.25) is 0 Å². The van der Waals surface area contributed by atoms with Crippen LogP contribution in [0.4, 0.5) is 4.39 Å². The number of ether oxygens (including phenoxy) is 1. The molecule has 0 fully saturated rings. The Morgan fingerprint density at radius 3 is 2.79 bits per heavy atom. The van der Waals surface area contributed by atoms with E-state index in [-0.39, 0.29) is 16.9 Å². The lowest BCUT2D eigenvalue weighted by Crippen LogP contribution is -2.16. The van der Waals surface area contributed by atoms with Gasteiger partial charge in [-0.3, -0.25) is 4.79 Å². The summed E-state index contributed by atoms with van der Waals surface area (Å²) in [6.45, 7) is 3.50. The molecular formula is C14H15FN2O2. The van der Waals surface area contributed by atoms with Gasteiger partial charge in [0.2, 0.25) is 0 Å². The molecule has 0 aliphatic rings. The number of halogens is 1. The second-order valence-electron chi connectivity index (χ2n) is 4.16. The Labute approximate surface area is 110 Å². The van der Waals surface area contributed by atoms with Crippen molar-refractivity contribution in [2.45, 2.75) is 20.3 Å². The smallest absolute Gasteiger partial charge is 0.254 e. The van der Waals surface area contributed by atoms with Gasteiger partial charge in [0.15, 0.2) is 11.6 Å². The second kappa shape index (κ2) is 5.22. The zero-order valence-corrected chi connectivity index (χ0v) is 11.1. The molecular weight excluding hydrogens is 247 g/mol. The minimum Gasteiger partial charge on any atom is -0.494 e. The van der Waals surface area contributed by atoms with Crippen LogP contribution < -0.4 is 10.3 Å². The summed E-state index contributed by atoms with van der Waals surface area (Å²) >= 11 is 0. The van der Waals surface area contributed by atoms with Crippen molar-refractivity contribution in [2.24, 2.45) is 0 Å². The van der Waals surface area contributed by atoms with Crippen molar-refractivity contribution >= 4 is 0 Å². The summed E-state index contributed by atoms with van der Waals surface area (Å²) in [4.78, 5) is 18.8. The van der Waals surface area contributed by atoms with Gasteiger partial charge in [-0.25, -0.2) is 9.37 Å². The van der Waals surface area contributed by atoms with Gasteiger partial charge in [-0.05, 0) is 19.1 Å². The van der Waals surface area contributed by atoms with Gasteiger partial charge in [-0.2, -0.15) is 0 Å². The summed E-state index contributed by atoms with van der Waals surface area (Å²) in [6.07, 6.45) is 0.577. The Hall–Kier alpha value is -2.17. The molecule has 1 aromatic heterocycles. The standard InChI is InChI=1S/C14H15FN2O2/c1-4-11-16-13(8(2)14(18)17-11)9-6-5-7-10(19-3)12(9)15/h5-7H,4H2,1-3H3,(H,16,17,18). The molecule has 1 heterocycles. The highest BCUT2D eigenvalue weighted by Crippen LogP contribution is 2.28. The molecule has 100 valence electrons. The van der Waals surface area contributed by atoms with E-state index in [4.69, 9.17) is 4.74 Å². The topological polar surface area (TPSA) is 55.0 Å². The van der Waals surface area contributed by atoms with Gasteiger partial charge >= 0.3 is 0 Å². The number of benzene rings is 1. The summed E-state index contributed by atoms with van der Waals surface area (Å²) < 4.78 is 19.2. The molecule has 0 spiro atoms. The number of nitrogens with zero attached hydrogens (tertiary/aromatic N) is 1. The van der Waals surface area contributed by atoms with Gasteiger partial charge in [0, 0.05) is 17.5 Å². The van der Waals surface area contributed by atoms with E-state index in [9.17, 15) is 9.18 Å². The third-order valence-electron chi connectivity index (χ3n) is 2.97. The average Bonchev–Trinajstić information content (AvgIpc) is 2.42. The first kappa shape index (κ1) is 13.3. The van der Waals surface area contributed by atoms with Crippen LogP contribution in [0.1, 0.15) is 18.3 Å². The summed E-state index contributed by atoms with van der Waals surface area (Å²) in [5, 5.41) is 0. The highest BCUT2D eigenvalue weighted by atomic mass is 19.1. The highest BCUT2D eigenvalue weighted by molar-refractivity contribution is 5.65. The summed E-state index contributed by atoms with van der Waals surface area (Å²) in [6, 6.07) is 4.79. The molecule has 0 radical (unpaired) electrons. The number of H-pyrrole nitrogens is 1. The molecule has 2 aromatic rings. The third kappa shape index (κ3) is 2.36. The SMILES string of the molecule is CCc1nc(-c2cccc(OC)c2F)c(C)c(=O)[nH]1. The number of rotatable bonds is 3. The van der Waals surface area contributed by atoms with Crippen molar-refractivity contribution in [1.82, 2.24) is 9.97 Å². The normalized spacial score (nSPS) is 10.5. The fourth-order valence-electron chi connectivity index (χ4n) is 1.86. The number of aromatic amines is 1. The lowest BCUT2D eigenvalue weighted by atomic mass is 10.1. The molecule has 0 atom stereocenters. The molecule has 0 saturated carbocycles. The highest BCUT2D eigenvalue weighted by Gasteiger charge is 2.15. The van der Waals surface area contributed by atoms with Gasteiger partial charge in [-0.1, -0.05) is 13.0 Å². The predicted molar refractivity (Wildman–Crippen MR) is 70.9 cm³/mol. The van der Waals surface area contributed by atoms with Crippen LogP contribution in [-0.4, -0.2) is 17.1 Å². The van der Waals surface area contributed by atoms with E-state index in [0.717, 1.165) is 0 Å². The molecule has 19 heavy (non-hydrogen) atoms. The van der Waals surface area contributed by atoms with Gasteiger partial charge in [0.1, 0.15) is 5.82 Å². The van der Waals surface area contributed by atoms with Crippen LogP contribution in [-0.2, 0) is 6.42 Å². The number of aryl methyl sites for hydroxylation is 1. The van der Waals surface area contributed by atoms with Crippen LogP contribution in [0.25, 0.3) is 11.3 Å². The number of nitrogens with one attached hydrogen (secondary N) is 1. The molecule has 2 rings (SSSR count). The Balaban J connectivity index is 2.71. The molecule has 0 saturated heterocycles. The maximum absolute atomic E-state index is 14.2. The largest absolute Gasteiger partial charge is 0.494 e. The fraction of sp³-hybridized carbons (Fsp3) is 0.286. The first-order valence-electron chi connectivity index (χ1n) is 6.01. The van der Waals surface area contributed by atoms with E-state index in [1.165, 1.54) is 13.2 Å². The van der Waals surface area contributed by atoms with E-state index in [1.807, 2.05) is 6.92 Å². The van der Waals surface area contributed by atoms with Crippen molar-refractivity contribution in [3.8, 4) is 17.0 Å². The van der Waals surface area contributed by atoms with Crippen LogP contribution in [0.15, 0.2) is 23.0 Å². The minimum atomic E-state index is -0.506. The van der Waals surface area contributed by atoms with Crippen molar-refractivity contribution in [3.05, 3.63) is 45.8 Å². The number of hydrogen-bond acceptors (Lipinski definition) is 3. The first-order valence-corrected chi connectivity index (χ1v) is 6.01. The van der Waals surface area contributed by atoms with E-state index in [1.54, 1.807) is 19.1 Å². The summed E-state index contributed by atoms with van der Waals surface area (Å²) in [7, 11) is 1.40. The van der Waals surface area contributed by atoms with Crippen molar-refractivity contribution < 1.29 is 9.13 Å². The number of methoxy groups -OCH3 is 1. The van der Waals surface area contributed by atoms with Crippen LogP contribution in [0.3, 0.4) is 0 Å². The van der Waals surface area contributed by atoms with E-state index >= 15 is 0 Å². The minimum absolute atomic E-state index is 0.136. The van der Waals surface area contributed by atoms with Gasteiger partial charge in [-0.15, -0.1) is 0 Å². The van der Waals surface area contributed by atoms with Gasteiger partial charge in [0.05, 0.1) is 12.8 Å². The van der Waals surface area contributed by atoms with Crippen LogP contribution >= 0.6 is 0 Å². The molecule has 0 unspecified atom stereocenters. The van der Waals surface area contributed by atoms with E-state index < -0.39 is 5.82 Å². The van der Waals surface area contributed by atoms with Crippen molar-refractivity contribution in [1.29, 1.82) is 0 Å². The maximum Gasteiger partial charge on any atom is 0.254 e.